The van der Waals surface area contributed by atoms with Crippen molar-refractivity contribution in [2.24, 2.45) is 16.8 Å². The van der Waals surface area contributed by atoms with E-state index in [4.69, 9.17) is 9.47 Å². The molecule has 2 aliphatic heterocycles. The van der Waals surface area contributed by atoms with Gasteiger partial charge in [0, 0.05) is 43.4 Å². The van der Waals surface area contributed by atoms with Crippen molar-refractivity contribution in [3.05, 3.63) is 46.2 Å². The van der Waals surface area contributed by atoms with E-state index in [9.17, 15) is 15.2 Å². The number of fused-ring (bicyclic) bond motifs is 1. The quantitative estimate of drug-likeness (QED) is 0.320. The van der Waals surface area contributed by atoms with Gasteiger partial charge in [-0.15, -0.1) is 0 Å². The number of allylic oxidation sites excluding steroid dienone is 1. The predicted octanol–water partition coefficient (Wildman–Crippen LogP) is 3.33. The van der Waals surface area contributed by atoms with Gasteiger partial charge in [0.25, 0.3) is 0 Å². The number of rotatable bonds is 13. The van der Waals surface area contributed by atoms with Crippen LogP contribution in [-0.2, 0) is 16.1 Å². The first-order valence-electron chi connectivity index (χ1n) is 13.1. The summed E-state index contributed by atoms with van der Waals surface area (Å²) in [6, 6.07) is 6.19. The van der Waals surface area contributed by atoms with Crippen molar-refractivity contribution in [2.45, 2.75) is 51.7 Å². The lowest BCUT2D eigenvalue weighted by atomic mass is 9.93. The highest BCUT2D eigenvalue weighted by Crippen LogP contribution is 2.44. The Morgan fingerprint density at radius 1 is 1.36 bits per heavy atom. The summed E-state index contributed by atoms with van der Waals surface area (Å²) in [4.78, 5) is 18.9. The van der Waals surface area contributed by atoms with Crippen LogP contribution in [0.5, 0.6) is 0 Å². The van der Waals surface area contributed by atoms with Gasteiger partial charge in [-0.25, -0.2) is 4.79 Å². The molecule has 1 aromatic carbocycles. The van der Waals surface area contributed by atoms with Crippen molar-refractivity contribution in [2.75, 3.05) is 46.4 Å². The maximum absolute atomic E-state index is 12.0. The lowest BCUT2D eigenvalue weighted by Gasteiger charge is -2.27. The number of benzene rings is 1. The van der Waals surface area contributed by atoms with Crippen LogP contribution in [0.3, 0.4) is 0 Å². The Balaban J connectivity index is 1.31. The molecule has 0 aromatic heterocycles. The van der Waals surface area contributed by atoms with Crippen LogP contribution in [0.4, 0.5) is 0 Å². The SMILES string of the molecule is CCCN(CCNCC(C)C1=NCC(C#N)C(OC)=C1)CC(O)c1cc2c(cc1C1CC1)C(=O)OC2. The molecule has 2 heterocycles. The van der Waals surface area contributed by atoms with E-state index in [2.05, 4.69) is 35.1 Å². The molecule has 0 bridgehead atoms. The second-order valence-electron chi connectivity index (χ2n) is 10.1. The van der Waals surface area contributed by atoms with Gasteiger partial charge in [-0.1, -0.05) is 13.8 Å². The van der Waals surface area contributed by atoms with Gasteiger partial charge in [-0.05, 0) is 61.1 Å². The first-order valence-corrected chi connectivity index (χ1v) is 13.1. The van der Waals surface area contributed by atoms with Gasteiger partial charge >= 0.3 is 5.97 Å². The third kappa shape index (κ3) is 6.15. The van der Waals surface area contributed by atoms with Crippen LogP contribution in [0, 0.1) is 23.2 Å². The van der Waals surface area contributed by atoms with Crippen molar-refractivity contribution >= 4 is 11.7 Å². The Kier molecular flexibility index (Phi) is 8.78. The highest BCUT2D eigenvalue weighted by atomic mass is 16.5. The van der Waals surface area contributed by atoms with Gasteiger partial charge in [0.1, 0.15) is 18.3 Å². The number of dihydropyridines is 1. The lowest BCUT2D eigenvalue weighted by molar-refractivity contribution is 0.0535. The molecule has 1 aliphatic carbocycles. The zero-order valence-electron chi connectivity index (χ0n) is 21.6. The molecule has 3 atom stereocenters. The number of methoxy groups -OCH3 is 1. The average Bonchev–Trinajstić information content (AvgIpc) is 3.68. The Labute approximate surface area is 214 Å². The molecular weight excluding hydrogens is 456 g/mol. The van der Waals surface area contributed by atoms with Crippen molar-refractivity contribution in [3.8, 4) is 6.07 Å². The number of carbonyl (C=O) groups excluding carboxylic acids is 1. The molecular formula is C28H38N4O4. The standard InChI is InChI=1S/C28H38N4O4/c1-4-8-32(9-7-30-14-18(2)25-12-27(35-3)21(13-29)15-31-25)16-26(33)24-10-20-17-36-28(34)23(20)11-22(24)19-5-6-19/h10-12,18-19,21,26,30,33H,4-9,14-17H2,1-3H3. The normalized spacial score (nSPS) is 20.8. The Bertz CT molecular complexity index is 1060. The molecule has 8 heteroatoms. The van der Waals surface area contributed by atoms with Crippen LogP contribution in [0.2, 0.25) is 0 Å². The third-order valence-corrected chi connectivity index (χ3v) is 7.28. The monoisotopic (exact) mass is 494 g/mol. The molecule has 4 rings (SSSR count). The number of hydrogen-bond donors (Lipinski definition) is 2. The van der Waals surface area contributed by atoms with E-state index < -0.39 is 6.10 Å². The molecule has 0 saturated heterocycles. The van der Waals surface area contributed by atoms with Crippen molar-refractivity contribution in [3.63, 3.8) is 0 Å². The van der Waals surface area contributed by atoms with Gasteiger partial charge in [0.05, 0.1) is 31.4 Å². The number of aliphatic hydroxyl groups excluding tert-OH is 1. The second-order valence-corrected chi connectivity index (χ2v) is 10.1. The van der Waals surface area contributed by atoms with Crippen LogP contribution in [0.25, 0.3) is 0 Å². The molecule has 8 nitrogen and oxygen atoms in total. The Hall–Kier alpha value is -2.73. The molecule has 1 aromatic rings. The number of aliphatic imine (C=N–C) groups is 1. The number of nitrogens with zero attached hydrogens (tertiary/aromatic N) is 3. The van der Waals surface area contributed by atoms with E-state index in [1.54, 1.807) is 7.11 Å². The van der Waals surface area contributed by atoms with Crippen molar-refractivity contribution in [1.82, 2.24) is 10.2 Å². The van der Waals surface area contributed by atoms with Crippen molar-refractivity contribution in [1.29, 1.82) is 5.26 Å². The van der Waals surface area contributed by atoms with E-state index in [1.807, 2.05) is 18.2 Å². The molecule has 36 heavy (non-hydrogen) atoms. The third-order valence-electron chi connectivity index (χ3n) is 7.28. The Morgan fingerprint density at radius 3 is 2.86 bits per heavy atom. The van der Waals surface area contributed by atoms with Gasteiger partial charge in [0.2, 0.25) is 0 Å². The summed E-state index contributed by atoms with van der Waals surface area (Å²) in [5.74, 6) is 0.781. The maximum atomic E-state index is 12.0. The first kappa shape index (κ1) is 26.3. The van der Waals surface area contributed by atoms with Crippen molar-refractivity contribution < 1.29 is 19.4 Å². The highest BCUT2D eigenvalue weighted by Gasteiger charge is 2.32. The van der Waals surface area contributed by atoms with E-state index in [-0.39, 0.29) is 17.8 Å². The highest BCUT2D eigenvalue weighted by molar-refractivity contribution is 5.98. The number of hydrogen-bond acceptors (Lipinski definition) is 8. The first-order chi connectivity index (χ1) is 17.4. The number of cyclic esters (lactones) is 1. The summed E-state index contributed by atoms with van der Waals surface area (Å²) in [7, 11) is 1.60. The number of esters is 1. The van der Waals surface area contributed by atoms with E-state index in [0.29, 0.717) is 36.9 Å². The van der Waals surface area contributed by atoms with Gasteiger partial charge in [-0.2, -0.15) is 5.26 Å². The largest absolute Gasteiger partial charge is 0.500 e. The van der Waals surface area contributed by atoms with E-state index >= 15 is 0 Å². The van der Waals surface area contributed by atoms with Crippen LogP contribution in [-0.4, -0.2) is 68.1 Å². The summed E-state index contributed by atoms with van der Waals surface area (Å²) in [6.07, 6.45) is 4.52. The number of ether oxygens (including phenoxy) is 2. The van der Waals surface area contributed by atoms with Gasteiger partial charge < -0.3 is 19.9 Å². The van der Waals surface area contributed by atoms with E-state index in [1.165, 1.54) is 0 Å². The van der Waals surface area contributed by atoms with Crippen LogP contribution < -0.4 is 5.32 Å². The smallest absolute Gasteiger partial charge is 0.338 e. The van der Waals surface area contributed by atoms with Gasteiger partial charge in [-0.3, -0.25) is 9.89 Å². The minimum absolute atomic E-state index is 0.206. The molecule has 1 fully saturated rings. The number of carbonyl (C=O) groups is 1. The minimum atomic E-state index is -0.602. The van der Waals surface area contributed by atoms with Crippen LogP contribution in [0.1, 0.15) is 72.2 Å². The fraction of sp³-hybridized carbons (Fsp3) is 0.607. The fourth-order valence-electron chi connectivity index (χ4n) is 5.04. The zero-order chi connectivity index (χ0) is 25.7. The number of aliphatic hydroxyl groups is 1. The molecule has 3 unspecified atom stereocenters. The predicted molar refractivity (Wildman–Crippen MR) is 138 cm³/mol. The molecule has 1 saturated carbocycles. The summed E-state index contributed by atoms with van der Waals surface area (Å²) >= 11 is 0. The maximum Gasteiger partial charge on any atom is 0.338 e. The molecule has 3 aliphatic rings. The van der Waals surface area contributed by atoms with Gasteiger partial charge in [0.15, 0.2) is 0 Å². The summed E-state index contributed by atoms with van der Waals surface area (Å²) in [5.41, 5.74) is 4.56. The summed E-state index contributed by atoms with van der Waals surface area (Å²) < 4.78 is 10.6. The molecule has 194 valence electrons. The summed E-state index contributed by atoms with van der Waals surface area (Å²) in [6.45, 7) is 8.88. The lowest BCUT2D eigenvalue weighted by Crippen LogP contribution is -2.37. The number of nitriles is 1. The fourth-order valence-corrected chi connectivity index (χ4v) is 5.04. The van der Waals surface area contributed by atoms with Crippen LogP contribution in [0.15, 0.2) is 29.0 Å². The van der Waals surface area contributed by atoms with E-state index in [0.717, 1.165) is 67.8 Å². The zero-order valence-corrected chi connectivity index (χ0v) is 21.6. The topological polar surface area (TPSA) is 107 Å². The second kappa shape index (κ2) is 12.0. The molecule has 0 radical (unpaired) electrons. The molecule has 0 spiro atoms. The summed E-state index contributed by atoms with van der Waals surface area (Å²) in [5, 5.41) is 24.0. The Morgan fingerprint density at radius 2 is 2.17 bits per heavy atom. The minimum Gasteiger partial charge on any atom is -0.500 e. The molecule has 2 N–H and O–H groups in total. The molecule has 0 amide bonds. The average molecular weight is 495 g/mol. The number of nitrogens with one attached hydrogen (secondary N) is 1. The van der Waals surface area contributed by atoms with Crippen LogP contribution >= 0.6 is 0 Å².